The molecule has 1 unspecified atom stereocenters. The Morgan fingerprint density at radius 2 is 1.46 bits per heavy atom. The van der Waals surface area contributed by atoms with Gasteiger partial charge < -0.3 is 9.80 Å². The highest BCUT2D eigenvalue weighted by Gasteiger charge is 2.42. The molecule has 1 atom stereocenters. The van der Waals surface area contributed by atoms with E-state index >= 15 is 8.78 Å². The van der Waals surface area contributed by atoms with Crippen LogP contribution in [-0.2, 0) is 6.54 Å². The molecule has 1 saturated heterocycles. The Bertz CT molecular complexity index is 1610. The highest BCUT2D eigenvalue weighted by molar-refractivity contribution is 6.90. The Kier molecular flexibility index (Phi) is 10.2. The third-order valence-electron chi connectivity index (χ3n) is 10.6. The van der Waals surface area contributed by atoms with Crippen molar-refractivity contribution in [1.82, 2.24) is 9.80 Å². The Balaban J connectivity index is 1.47. The van der Waals surface area contributed by atoms with Crippen molar-refractivity contribution in [3.8, 4) is 22.6 Å². The van der Waals surface area contributed by atoms with Gasteiger partial charge in [0.15, 0.2) is 0 Å². The van der Waals surface area contributed by atoms with Gasteiger partial charge in [0, 0.05) is 23.1 Å². The number of halogens is 3. The molecule has 3 aromatic rings. The molecule has 5 rings (SSSR count). The molecule has 1 amide bonds. The predicted molar refractivity (Wildman–Crippen MR) is 184 cm³/mol. The van der Waals surface area contributed by atoms with Gasteiger partial charge in [0.05, 0.1) is 12.6 Å². The van der Waals surface area contributed by atoms with Crippen molar-refractivity contribution in [3.63, 3.8) is 0 Å². The highest BCUT2D eigenvalue weighted by atomic mass is 28.3. The summed E-state index contributed by atoms with van der Waals surface area (Å²) in [5, 5.41) is 0. The minimum Gasteiger partial charge on any atom is -0.326 e. The molecule has 0 radical (unpaired) electrons. The van der Waals surface area contributed by atoms with Gasteiger partial charge in [-0.2, -0.15) is 0 Å². The van der Waals surface area contributed by atoms with Crippen molar-refractivity contribution in [2.75, 3.05) is 20.1 Å². The third kappa shape index (κ3) is 6.57. The lowest BCUT2D eigenvalue weighted by Gasteiger charge is -2.38. The van der Waals surface area contributed by atoms with Crippen molar-refractivity contribution >= 4 is 14.0 Å². The number of piperidine rings is 1. The van der Waals surface area contributed by atoms with E-state index in [4.69, 9.17) is 0 Å². The summed E-state index contributed by atoms with van der Waals surface area (Å²) in [6, 6.07) is 13.9. The number of carbonyl (C=O) groups excluding carboxylic acids is 1. The van der Waals surface area contributed by atoms with Crippen LogP contribution in [0.2, 0.25) is 16.6 Å². The minimum absolute atomic E-state index is 0.0290. The van der Waals surface area contributed by atoms with Crippen LogP contribution >= 0.6 is 0 Å². The maximum Gasteiger partial charge on any atom is 0.255 e. The second-order valence-electron chi connectivity index (χ2n) is 14.2. The highest BCUT2D eigenvalue weighted by Crippen LogP contribution is 2.42. The molecule has 2 aliphatic heterocycles. The zero-order valence-electron chi connectivity index (χ0n) is 28.3. The van der Waals surface area contributed by atoms with Gasteiger partial charge in [-0.1, -0.05) is 65.8 Å². The van der Waals surface area contributed by atoms with E-state index in [0.29, 0.717) is 28.1 Å². The van der Waals surface area contributed by atoms with Crippen molar-refractivity contribution in [3.05, 3.63) is 94.3 Å². The second-order valence-corrected chi connectivity index (χ2v) is 19.8. The number of benzene rings is 3. The molecule has 1 fully saturated rings. The molecule has 2 aliphatic rings. The number of nitrogens with zero attached hydrogens (tertiary/aromatic N) is 2. The fourth-order valence-corrected chi connectivity index (χ4v) is 13.3. The number of carbonyl (C=O) groups is 1. The number of fused-ring (bicyclic) bond motifs is 1. The van der Waals surface area contributed by atoms with Gasteiger partial charge >= 0.3 is 0 Å². The average molecular weight is 645 g/mol. The van der Waals surface area contributed by atoms with Gasteiger partial charge in [0.1, 0.15) is 25.5 Å². The van der Waals surface area contributed by atoms with Crippen molar-refractivity contribution in [2.24, 2.45) is 0 Å². The average Bonchev–Trinajstić information content (AvgIpc) is 3.35. The molecule has 46 heavy (non-hydrogen) atoms. The maximum atomic E-state index is 15.7. The molecule has 2 heterocycles. The first-order valence-corrected chi connectivity index (χ1v) is 18.9. The third-order valence-corrected chi connectivity index (χ3v) is 17.0. The first kappa shape index (κ1) is 34.0. The smallest absolute Gasteiger partial charge is 0.255 e. The van der Waals surface area contributed by atoms with Crippen LogP contribution in [0.1, 0.15) is 99.8 Å². The standard InChI is InChI=1S/C39H47F3N2OSi/c1-25(2)46(26(3)4,27(5)6)20-8-9-38(34-23-32(40)14-15-36(34)41)44-24-35-33(39(44)45)21-31(22-37(35)42)29-12-10-28(11-13-29)30-16-18-43(7)19-17-30/h10-15,21-23,25-27,30,38H,9,16-19,24H2,1-7H3. The topological polar surface area (TPSA) is 23.6 Å². The summed E-state index contributed by atoms with van der Waals surface area (Å²) in [4.78, 5) is 17.8. The summed E-state index contributed by atoms with van der Waals surface area (Å²) in [6.07, 6.45) is 2.36. The summed E-state index contributed by atoms with van der Waals surface area (Å²) < 4.78 is 45.5. The quantitative estimate of drug-likeness (QED) is 0.180. The van der Waals surface area contributed by atoms with Crippen molar-refractivity contribution in [1.29, 1.82) is 0 Å². The summed E-state index contributed by atoms with van der Waals surface area (Å²) in [5.41, 5.74) is 8.18. The van der Waals surface area contributed by atoms with Crippen LogP contribution in [0.25, 0.3) is 11.1 Å². The van der Waals surface area contributed by atoms with E-state index in [-0.39, 0.29) is 29.7 Å². The molecular weight excluding hydrogens is 598 g/mol. The lowest BCUT2D eigenvalue weighted by atomic mass is 9.88. The molecule has 0 saturated carbocycles. The van der Waals surface area contributed by atoms with Gasteiger partial charge in [-0.15, -0.1) is 11.5 Å². The van der Waals surface area contributed by atoms with Crippen LogP contribution < -0.4 is 0 Å². The molecule has 0 spiro atoms. The fourth-order valence-electron chi connectivity index (χ4n) is 7.98. The van der Waals surface area contributed by atoms with Crippen LogP contribution in [-0.4, -0.2) is 43.9 Å². The van der Waals surface area contributed by atoms with Crippen LogP contribution in [0.15, 0.2) is 54.6 Å². The Morgan fingerprint density at radius 1 is 0.826 bits per heavy atom. The van der Waals surface area contributed by atoms with E-state index in [1.807, 2.05) is 12.1 Å². The molecule has 7 heteroatoms. The monoisotopic (exact) mass is 644 g/mol. The zero-order chi connectivity index (χ0) is 33.3. The van der Waals surface area contributed by atoms with E-state index in [1.54, 1.807) is 6.07 Å². The largest absolute Gasteiger partial charge is 0.326 e. The Labute approximate surface area is 274 Å². The normalized spacial score (nSPS) is 16.7. The molecule has 0 aromatic heterocycles. The van der Waals surface area contributed by atoms with E-state index < -0.39 is 37.5 Å². The predicted octanol–water partition coefficient (Wildman–Crippen LogP) is 9.89. The first-order valence-electron chi connectivity index (χ1n) is 16.7. The van der Waals surface area contributed by atoms with Gasteiger partial charge in [0.25, 0.3) is 5.91 Å². The van der Waals surface area contributed by atoms with E-state index in [2.05, 4.69) is 77.1 Å². The summed E-state index contributed by atoms with van der Waals surface area (Å²) >= 11 is 0. The summed E-state index contributed by atoms with van der Waals surface area (Å²) in [6.45, 7) is 15.4. The van der Waals surface area contributed by atoms with Crippen molar-refractivity contribution < 1.29 is 18.0 Å². The molecule has 0 N–H and O–H groups in total. The van der Waals surface area contributed by atoms with Gasteiger partial charge in [-0.3, -0.25) is 4.79 Å². The number of amides is 1. The van der Waals surface area contributed by atoms with Crippen LogP contribution in [0.3, 0.4) is 0 Å². The number of hydrogen-bond acceptors (Lipinski definition) is 2. The Morgan fingerprint density at radius 3 is 2.07 bits per heavy atom. The zero-order valence-corrected chi connectivity index (χ0v) is 29.3. The van der Waals surface area contributed by atoms with E-state index in [0.717, 1.165) is 49.7 Å². The summed E-state index contributed by atoms with van der Waals surface area (Å²) in [7, 11) is 0.0388. The van der Waals surface area contributed by atoms with Crippen LogP contribution in [0.5, 0.6) is 0 Å². The molecule has 3 nitrogen and oxygen atoms in total. The first-order chi connectivity index (χ1) is 21.8. The van der Waals surface area contributed by atoms with Gasteiger partial charge in [-0.05, 0) is 103 Å². The fraction of sp³-hybridized carbons (Fsp3) is 0.462. The van der Waals surface area contributed by atoms with Crippen molar-refractivity contribution in [2.45, 2.75) is 95.9 Å². The second kappa shape index (κ2) is 13.8. The molecule has 0 aliphatic carbocycles. The van der Waals surface area contributed by atoms with E-state index in [1.165, 1.54) is 16.5 Å². The lowest BCUT2D eigenvalue weighted by molar-refractivity contribution is 0.0700. The molecule has 0 bridgehead atoms. The molecule has 244 valence electrons. The molecule has 3 aromatic carbocycles. The van der Waals surface area contributed by atoms with Gasteiger partial charge in [-0.25, -0.2) is 13.2 Å². The minimum atomic E-state index is -2.11. The van der Waals surface area contributed by atoms with Gasteiger partial charge in [0.2, 0.25) is 0 Å². The van der Waals surface area contributed by atoms with Crippen LogP contribution in [0.4, 0.5) is 13.2 Å². The Hall–Kier alpha value is -3.34. The SMILES string of the molecule is CC(C)[Si](C#CCC(c1cc(F)ccc1F)N1Cc2c(F)cc(-c3ccc(C4CCN(C)CC4)cc3)cc2C1=O)(C(C)C)C(C)C. The lowest BCUT2D eigenvalue weighted by Crippen LogP contribution is -2.43. The number of likely N-dealkylation sites (tertiary alicyclic amines) is 1. The number of hydrogen-bond donors (Lipinski definition) is 0. The maximum absolute atomic E-state index is 15.7. The van der Waals surface area contributed by atoms with E-state index in [9.17, 15) is 9.18 Å². The summed E-state index contributed by atoms with van der Waals surface area (Å²) in [5.74, 6) is 1.80. The number of rotatable bonds is 8. The molecular formula is C39H47F3N2OSi. The van der Waals surface area contributed by atoms with Crippen LogP contribution in [0, 0.1) is 28.9 Å².